The van der Waals surface area contributed by atoms with Crippen LogP contribution in [0.25, 0.3) is 0 Å². The second-order valence-corrected chi connectivity index (χ2v) is 2.92. The first-order valence-electron chi connectivity index (χ1n) is 4.44. The van der Waals surface area contributed by atoms with Crippen LogP contribution in [0.4, 0.5) is 5.69 Å². The molecule has 0 fully saturated rings. The molecule has 0 aliphatic carbocycles. The number of nitrogens with two attached hydrogens (primary N) is 1. The predicted octanol–water partition coefficient (Wildman–Crippen LogP) is 1.39. The van der Waals surface area contributed by atoms with E-state index in [1.54, 1.807) is 19.2 Å². The summed E-state index contributed by atoms with van der Waals surface area (Å²) in [5, 5.41) is 9.27. The van der Waals surface area contributed by atoms with Crippen molar-refractivity contribution < 1.29 is 14.6 Å². The number of rotatable bonds is 5. The second-order valence-electron chi connectivity index (χ2n) is 2.92. The summed E-state index contributed by atoms with van der Waals surface area (Å²) >= 11 is 0. The van der Waals surface area contributed by atoms with E-state index in [4.69, 9.17) is 15.2 Å². The number of hydrogen-bond acceptors (Lipinski definition) is 4. The van der Waals surface area contributed by atoms with Gasteiger partial charge in [-0.2, -0.15) is 0 Å². The van der Waals surface area contributed by atoms with Crippen molar-refractivity contribution >= 4 is 5.69 Å². The molecule has 0 aliphatic rings. The van der Waals surface area contributed by atoms with E-state index in [2.05, 4.69) is 0 Å². The van der Waals surface area contributed by atoms with Crippen molar-refractivity contribution in [1.29, 1.82) is 0 Å². The zero-order valence-corrected chi connectivity index (χ0v) is 8.19. The smallest absolute Gasteiger partial charge is 0.142 e. The molecule has 0 saturated carbocycles. The molecule has 1 rings (SSSR count). The van der Waals surface area contributed by atoms with E-state index >= 15 is 0 Å². The molecule has 0 spiro atoms. The second kappa shape index (κ2) is 5.34. The van der Waals surface area contributed by atoms with Crippen molar-refractivity contribution in [2.45, 2.75) is 6.42 Å². The number of phenolic OH excluding ortho intramolecular Hbond substituents is 1. The maximum Gasteiger partial charge on any atom is 0.142 e. The summed E-state index contributed by atoms with van der Waals surface area (Å²) in [6.45, 7) is 1.23. The number of nitrogen functional groups attached to an aromatic ring is 1. The van der Waals surface area contributed by atoms with Gasteiger partial charge in [0.25, 0.3) is 0 Å². The van der Waals surface area contributed by atoms with Gasteiger partial charge in [0.05, 0.1) is 12.3 Å². The molecule has 0 radical (unpaired) electrons. The molecule has 4 heteroatoms. The van der Waals surface area contributed by atoms with Crippen LogP contribution >= 0.6 is 0 Å². The summed E-state index contributed by atoms with van der Waals surface area (Å²) in [6.07, 6.45) is 0.821. The van der Waals surface area contributed by atoms with Crippen molar-refractivity contribution in [1.82, 2.24) is 0 Å². The summed E-state index contributed by atoms with van der Waals surface area (Å²) in [7, 11) is 1.65. The molecule has 0 atom stereocenters. The zero-order chi connectivity index (χ0) is 10.4. The van der Waals surface area contributed by atoms with E-state index in [1.807, 2.05) is 0 Å². The van der Waals surface area contributed by atoms with Gasteiger partial charge in [-0.3, -0.25) is 0 Å². The van der Waals surface area contributed by atoms with Crippen LogP contribution in [0, 0.1) is 0 Å². The van der Waals surface area contributed by atoms with Crippen LogP contribution in [-0.4, -0.2) is 25.4 Å². The zero-order valence-electron chi connectivity index (χ0n) is 8.19. The van der Waals surface area contributed by atoms with Crippen molar-refractivity contribution in [3.8, 4) is 11.5 Å². The fraction of sp³-hybridized carbons (Fsp3) is 0.400. The highest BCUT2D eigenvalue weighted by atomic mass is 16.5. The maximum absolute atomic E-state index is 9.27. The Morgan fingerprint density at radius 3 is 2.79 bits per heavy atom. The molecule has 0 unspecified atom stereocenters. The number of hydrogen-bond donors (Lipinski definition) is 2. The normalized spacial score (nSPS) is 10.1. The number of benzene rings is 1. The third-order valence-electron chi connectivity index (χ3n) is 1.76. The minimum atomic E-state index is 0.0502. The Morgan fingerprint density at radius 1 is 1.36 bits per heavy atom. The lowest BCUT2D eigenvalue weighted by Crippen LogP contribution is -2.01. The van der Waals surface area contributed by atoms with Gasteiger partial charge in [0.1, 0.15) is 11.5 Å². The summed E-state index contributed by atoms with van der Waals surface area (Å²) in [4.78, 5) is 0. The Kier molecular flexibility index (Phi) is 4.07. The summed E-state index contributed by atoms with van der Waals surface area (Å²) in [5.41, 5.74) is 5.80. The molecular formula is C10H15NO3. The van der Waals surface area contributed by atoms with Crippen LogP contribution in [0.5, 0.6) is 11.5 Å². The molecule has 1 aromatic carbocycles. The van der Waals surface area contributed by atoms with E-state index < -0.39 is 0 Å². The fourth-order valence-electron chi connectivity index (χ4n) is 1.01. The minimum absolute atomic E-state index is 0.0502. The average molecular weight is 197 g/mol. The van der Waals surface area contributed by atoms with Crippen LogP contribution in [0.3, 0.4) is 0 Å². The van der Waals surface area contributed by atoms with Crippen molar-refractivity contribution in [2.75, 3.05) is 26.1 Å². The highest BCUT2D eigenvalue weighted by Crippen LogP contribution is 2.25. The van der Waals surface area contributed by atoms with Gasteiger partial charge in [-0.1, -0.05) is 0 Å². The van der Waals surface area contributed by atoms with E-state index in [9.17, 15) is 5.11 Å². The van der Waals surface area contributed by atoms with Crippen molar-refractivity contribution in [2.24, 2.45) is 0 Å². The molecule has 0 heterocycles. The Morgan fingerprint density at radius 2 is 2.14 bits per heavy atom. The highest BCUT2D eigenvalue weighted by Gasteiger charge is 1.99. The lowest BCUT2D eigenvalue weighted by atomic mass is 10.3. The highest BCUT2D eigenvalue weighted by molar-refractivity contribution is 5.54. The molecule has 78 valence electrons. The predicted molar refractivity (Wildman–Crippen MR) is 54.5 cm³/mol. The number of ether oxygens (including phenoxy) is 2. The van der Waals surface area contributed by atoms with E-state index in [-0.39, 0.29) is 5.75 Å². The standard InChI is InChI=1S/C10H15NO3/c1-13-5-2-6-14-8-3-4-9(11)10(12)7-8/h3-4,7,12H,2,5-6,11H2,1H3. The Bertz CT molecular complexity index is 289. The van der Waals surface area contributed by atoms with Gasteiger partial charge in [0, 0.05) is 26.2 Å². The molecular weight excluding hydrogens is 182 g/mol. The maximum atomic E-state index is 9.27. The van der Waals surface area contributed by atoms with Gasteiger partial charge < -0.3 is 20.3 Å². The van der Waals surface area contributed by atoms with Crippen LogP contribution in [0.1, 0.15) is 6.42 Å². The first kappa shape index (κ1) is 10.7. The largest absolute Gasteiger partial charge is 0.506 e. The third-order valence-corrected chi connectivity index (χ3v) is 1.76. The number of anilines is 1. The van der Waals surface area contributed by atoms with Gasteiger partial charge in [-0.15, -0.1) is 0 Å². The number of aromatic hydroxyl groups is 1. The molecule has 4 nitrogen and oxygen atoms in total. The van der Waals surface area contributed by atoms with Crippen LogP contribution in [0.2, 0.25) is 0 Å². The first-order chi connectivity index (χ1) is 6.74. The average Bonchev–Trinajstić information content (AvgIpc) is 2.18. The quantitative estimate of drug-likeness (QED) is 0.425. The summed E-state index contributed by atoms with van der Waals surface area (Å²) in [6, 6.07) is 4.84. The SMILES string of the molecule is COCCCOc1ccc(N)c(O)c1. The fourth-order valence-corrected chi connectivity index (χ4v) is 1.01. The molecule has 0 aliphatic heterocycles. The Hall–Kier alpha value is -1.42. The number of methoxy groups -OCH3 is 1. The molecule has 3 N–H and O–H groups in total. The monoisotopic (exact) mass is 197 g/mol. The van der Waals surface area contributed by atoms with E-state index in [0.29, 0.717) is 24.7 Å². The molecule has 0 aromatic heterocycles. The molecule has 0 saturated heterocycles. The Labute approximate surface area is 83.3 Å². The summed E-state index contributed by atoms with van der Waals surface area (Å²) in [5.74, 6) is 0.669. The lowest BCUT2D eigenvalue weighted by Gasteiger charge is -2.06. The summed E-state index contributed by atoms with van der Waals surface area (Å²) < 4.78 is 10.2. The van der Waals surface area contributed by atoms with Crippen LogP contribution in [-0.2, 0) is 4.74 Å². The first-order valence-corrected chi connectivity index (χ1v) is 4.44. The van der Waals surface area contributed by atoms with Gasteiger partial charge in [0.15, 0.2) is 0 Å². The number of phenols is 1. The van der Waals surface area contributed by atoms with Gasteiger partial charge >= 0.3 is 0 Å². The lowest BCUT2D eigenvalue weighted by molar-refractivity contribution is 0.172. The molecule has 1 aromatic rings. The topological polar surface area (TPSA) is 64.7 Å². The van der Waals surface area contributed by atoms with E-state index in [0.717, 1.165) is 6.42 Å². The third kappa shape index (κ3) is 3.14. The van der Waals surface area contributed by atoms with Crippen molar-refractivity contribution in [3.05, 3.63) is 18.2 Å². The minimum Gasteiger partial charge on any atom is -0.506 e. The van der Waals surface area contributed by atoms with Crippen LogP contribution < -0.4 is 10.5 Å². The Balaban J connectivity index is 2.39. The molecule has 14 heavy (non-hydrogen) atoms. The van der Waals surface area contributed by atoms with Crippen molar-refractivity contribution in [3.63, 3.8) is 0 Å². The van der Waals surface area contributed by atoms with E-state index in [1.165, 1.54) is 6.07 Å². The van der Waals surface area contributed by atoms with Gasteiger partial charge in [0.2, 0.25) is 0 Å². The van der Waals surface area contributed by atoms with Gasteiger partial charge in [-0.05, 0) is 12.1 Å². The van der Waals surface area contributed by atoms with Crippen LogP contribution in [0.15, 0.2) is 18.2 Å². The van der Waals surface area contributed by atoms with Gasteiger partial charge in [-0.25, -0.2) is 0 Å². The molecule has 0 amide bonds. The molecule has 0 bridgehead atoms.